The predicted octanol–water partition coefficient (Wildman–Crippen LogP) is 4.27. The van der Waals surface area contributed by atoms with Crippen LogP contribution in [0.5, 0.6) is 0 Å². The zero-order valence-corrected chi connectivity index (χ0v) is 14.0. The van der Waals surface area contributed by atoms with Gasteiger partial charge in [0.1, 0.15) is 7.05 Å². The number of hydrogen-bond donors (Lipinski definition) is 0. The van der Waals surface area contributed by atoms with Gasteiger partial charge in [-0.3, -0.25) is 0 Å². The van der Waals surface area contributed by atoms with Crippen molar-refractivity contribution in [3.8, 4) is 0 Å². The van der Waals surface area contributed by atoms with Gasteiger partial charge in [-0.2, -0.15) is 4.57 Å². The zero-order chi connectivity index (χ0) is 16.2. The second-order valence-corrected chi connectivity index (χ2v) is 5.56. The lowest BCUT2D eigenvalue weighted by atomic mass is 10.2. The van der Waals surface area contributed by atoms with E-state index in [4.69, 9.17) is 4.42 Å². The van der Waals surface area contributed by atoms with Gasteiger partial charge in [0.15, 0.2) is 0 Å². The largest absolute Gasteiger partial charge is 0.398 e. The molecule has 118 valence electrons. The molecule has 2 aromatic carbocycles. The van der Waals surface area contributed by atoms with E-state index in [1.54, 1.807) is 0 Å². The van der Waals surface area contributed by atoms with Crippen LogP contribution < -0.4 is 9.47 Å². The number of nitrogens with zero attached hydrogens (tertiary/aromatic N) is 2. The van der Waals surface area contributed by atoms with Crippen LogP contribution in [0.25, 0.3) is 23.3 Å². The summed E-state index contributed by atoms with van der Waals surface area (Å²) >= 11 is 0. The molecule has 3 rings (SSSR count). The van der Waals surface area contributed by atoms with Crippen molar-refractivity contribution in [3.63, 3.8) is 0 Å². The Hall–Kier alpha value is -2.55. The van der Waals surface area contributed by atoms with Crippen LogP contribution in [0.1, 0.15) is 25.3 Å². The predicted molar refractivity (Wildman–Crippen MR) is 96.3 cm³/mol. The van der Waals surface area contributed by atoms with Crippen LogP contribution in [0, 0.1) is 0 Å². The minimum absolute atomic E-state index is 0.846. The van der Waals surface area contributed by atoms with Crippen molar-refractivity contribution in [2.45, 2.75) is 13.8 Å². The van der Waals surface area contributed by atoms with Gasteiger partial charge in [0.05, 0.1) is 6.08 Å². The van der Waals surface area contributed by atoms with Gasteiger partial charge in [0.25, 0.3) is 5.52 Å². The van der Waals surface area contributed by atoms with E-state index in [9.17, 15) is 0 Å². The summed E-state index contributed by atoms with van der Waals surface area (Å²) in [5.41, 5.74) is 4.44. The number of para-hydroxylation sites is 2. The summed E-state index contributed by atoms with van der Waals surface area (Å²) in [6.45, 7) is 6.42. The fourth-order valence-corrected chi connectivity index (χ4v) is 2.82. The first-order chi connectivity index (χ1) is 11.2. The molecule has 0 atom stereocenters. The Kier molecular flexibility index (Phi) is 4.47. The second-order valence-electron chi connectivity index (χ2n) is 5.56. The second kappa shape index (κ2) is 6.69. The maximum atomic E-state index is 5.89. The first-order valence-electron chi connectivity index (χ1n) is 8.13. The Labute approximate surface area is 137 Å². The standard InChI is InChI=1S/C20H23N2O/c1-4-22(5-2)17-13-10-16(11-14-17)12-15-20-21(3)18-8-6-7-9-19(18)23-20/h6-15H,4-5H2,1-3H3/q+1. The topological polar surface area (TPSA) is 20.3 Å². The van der Waals surface area contributed by atoms with E-state index in [0.717, 1.165) is 30.1 Å². The van der Waals surface area contributed by atoms with E-state index in [0.29, 0.717) is 0 Å². The average Bonchev–Trinajstić information content (AvgIpc) is 2.92. The highest BCUT2D eigenvalue weighted by Gasteiger charge is 2.15. The van der Waals surface area contributed by atoms with Crippen molar-refractivity contribution in [1.82, 2.24) is 0 Å². The lowest BCUT2D eigenvalue weighted by molar-refractivity contribution is -0.651. The highest BCUT2D eigenvalue weighted by molar-refractivity contribution is 5.72. The molecule has 0 spiro atoms. The van der Waals surface area contributed by atoms with Gasteiger partial charge >= 0.3 is 5.89 Å². The van der Waals surface area contributed by atoms with Crippen molar-refractivity contribution in [1.29, 1.82) is 0 Å². The van der Waals surface area contributed by atoms with Gasteiger partial charge in [-0.25, -0.2) is 0 Å². The average molecular weight is 307 g/mol. The van der Waals surface area contributed by atoms with Gasteiger partial charge < -0.3 is 9.32 Å². The fraction of sp³-hybridized carbons (Fsp3) is 0.250. The summed E-state index contributed by atoms with van der Waals surface area (Å²) in [5, 5.41) is 0. The van der Waals surface area contributed by atoms with Crippen LogP contribution in [0.4, 0.5) is 5.69 Å². The van der Waals surface area contributed by atoms with Gasteiger partial charge in [0.2, 0.25) is 5.58 Å². The summed E-state index contributed by atoms with van der Waals surface area (Å²) in [6, 6.07) is 16.7. The number of anilines is 1. The number of hydrogen-bond acceptors (Lipinski definition) is 2. The molecule has 0 saturated carbocycles. The van der Waals surface area contributed by atoms with Gasteiger partial charge in [0, 0.05) is 24.8 Å². The highest BCUT2D eigenvalue weighted by Crippen LogP contribution is 2.17. The monoisotopic (exact) mass is 307 g/mol. The third kappa shape index (κ3) is 3.14. The van der Waals surface area contributed by atoms with Crippen molar-refractivity contribution in [2.24, 2.45) is 7.05 Å². The number of benzene rings is 2. The van der Waals surface area contributed by atoms with E-state index in [1.807, 2.05) is 31.3 Å². The summed E-state index contributed by atoms with van der Waals surface area (Å²) in [5.74, 6) is 0.846. The third-order valence-corrected chi connectivity index (χ3v) is 4.21. The van der Waals surface area contributed by atoms with Crippen molar-refractivity contribution < 1.29 is 8.98 Å². The molecule has 0 aliphatic carbocycles. The quantitative estimate of drug-likeness (QED) is 0.656. The van der Waals surface area contributed by atoms with Crippen LogP contribution in [0.3, 0.4) is 0 Å². The van der Waals surface area contributed by atoms with E-state index < -0.39 is 0 Å². The van der Waals surface area contributed by atoms with Crippen LogP contribution in [-0.4, -0.2) is 13.1 Å². The number of aryl methyl sites for hydroxylation is 1. The van der Waals surface area contributed by atoms with Gasteiger partial charge in [-0.15, -0.1) is 0 Å². The van der Waals surface area contributed by atoms with Crippen LogP contribution >= 0.6 is 0 Å². The van der Waals surface area contributed by atoms with Gasteiger partial charge in [-0.1, -0.05) is 24.3 Å². The minimum atomic E-state index is 0.846. The van der Waals surface area contributed by atoms with Crippen molar-refractivity contribution in [2.75, 3.05) is 18.0 Å². The molecule has 0 unspecified atom stereocenters. The van der Waals surface area contributed by atoms with Crippen LogP contribution in [0.15, 0.2) is 52.9 Å². The van der Waals surface area contributed by atoms with E-state index in [2.05, 4.69) is 59.7 Å². The summed E-state index contributed by atoms with van der Waals surface area (Å²) in [4.78, 5) is 2.34. The van der Waals surface area contributed by atoms with Crippen LogP contribution in [0.2, 0.25) is 0 Å². The number of oxazole rings is 1. The van der Waals surface area contributed by atoms with E-state index in [-0.39, 0.29) is 0 Å². The molecule has 0 bridgehead atoms. The maximum Gasteiger partial charge on any atom is 0.373 e. The molecule has 1 aromatic heterocycles. The molecule has 0 aliphatic heterocycles. The molecule has 0 saturated heterocycles. The number of fused-ring (bicyclic) bond motifs is 1. The zero-order valence-electron chi connectivity index (χ0n) is 14.0. The molecule has 3 aromatic rings. The molecule has 0 aliphatic rings. The Morgan fingerprint density at radius 2 is 1.65 bits per heavy atom. The molecule has 0 amide bonds. The molecule has 0 radical (unpaired) electrons. The third-order valence-electron chi connectivity index (χ3n) is 4.21. The molecule has 1 heterocycles. The molecular formula is C20H23N2O+. The fourth-order valence-electron chi connectivity index (χ4n) is 2.82. The smallest absolute Gasteiger partial charge is 0.373 e. The molecule has 0 N–H and O–H groups in total. The number of aromatic nitrogens is 1. The first kappa shape index (κ1) is 15.3. The molecular weight excluding hydrogens is 284 g/mol. The first-order valence-corrected chi connectivity index (χ1v) is 8.13. The SMILES string of the molecule is CCN(CC)c1ccc(C=Cc2oc3ccccc3[n+]2C)cc1. The number of rotatable bonds is 5. The lowest BCUT2D eigenvalue weighted by Crippen LogP contribution is -2.29. The molecule has 23 heavy (non-hydrogen) atoms. The van der Waals surface area contributed by atoms with Gasteiger partial charge in [-0.05, 0) is 43.7 Å². The minimum Gasteiger partial charge on any atom is -0.398 e. The Bertz CT molecular complexity index is 811. The lowest BCUT2D eigenvalue weighted by Gasteiger charge is -2.20. The summed E-state index contributed by atoms with van der Waals surface area (Å²) in [7, 11) is 2.02. The Balaban J connectivity index is 1.83. The Morgan fingerprint density at radius 1 is 0.957 bits per heavy atom. The summed E-state index contributed by atoms with van der Waals surface area (Å²) < 4.78 is 7.95. The van der Waals surface area contributed by atoms with E-state index >= 15 is 0 Å². The Morgan fingerprint density at radius 3 is 2.30 bits per heavy atom. The normalized spacial score (nSPS) is 11.4. The van der Waals surface area contributed by atoms with Crippen molar-refractivity contribution >= 4 is 28.9 Å². The van der Waals surface area contributed by atoms with E-state index in [1.165, 1.54) is 11.3 Å². The van der Waals surface area contributed by atoms with Crippen molar-refractivity contribution in [3.05, 3.63) is 60.0 Å². The molecule has 0 fully saturated rings. The maximum absolute atomic E-state index is 5.89. The van der Waals surface area contributed by atoms with Crippen LogP contribution in [-0.2, 0) is 7.05 Å². The highest BCUT2D eigenvalue weighted by atomic mass is 16.3. The molecule has 3 nitrogen and oxygen atoms in total. The summed E-state index contributed by atoms with van der Waals surface area (Å²) in [6.07, 6.45) is 4.11. The molecule has 3 heteroatoms.